The van der Waals surface area contributed by atoms with Gasteiger partial charge in [-0.1, -0.05) is 50.1 Å². The van der Waals surface area contributed by atoms with E-state index in [-0.39, 0.29) is 37.6 Å². The maximum Gasteiger partial charge on any atom is 0.544 e. The topological polar surface area (TPSA) is 137 Å². The smallest absolute Gasteiger partial charge is 0.468 e. The van der Waals surface area contributed by atoms with E-state index in [1.54, 1.807) is 55.6 Å². The van der Waals surface area contributed by atoms with Gasteiger partial charge < -0.3 is 18.9 Å². The van der Waals surface area contributed by atoms with Crippen LogP contribution in [0.1, 0.15) is 55.4 Å². The number of carbonyl (C=O) groups is 2. The molecule has 7 rings (SSSR count). The van der Waals surface area contributed by atoms with Crippen LogP contribution in [0.25, 0.3) is 16.9 Å². The first-order valence-corrected chi connectivity index (χ1v) is 18.4. The zero-order chi connectivity index (χ0) is 37.1. The Morgan fingerprint density at radius 3 is 2.58 bits per heavy atom. The summed E-state index contributed by atoms with van der Waals surface area (Å²) in [5, 5.41) is 4.54. The number of para-hydroxylation sites is 1. The molecule has 52 heavy (non-hydrogen) atoms. The molecule has 4 atom stereocenters. The first-order valence-electron chi connectivity index (χ1n) is 16.8. The van der Waals surface area contributed by atoms with E-state index in [2.05, 4.69) is 5.09 Å². The molecule has 0 radical (unpaired) electrons. The number of hydrogen-bond acceptors (Lipinski definition) is 10. The number of aromatic nitrogens is 2. The fraction of sp³-hybridized carbons (Fsp3) is 0.361. The monoisotopic (exact) mass is 738 g/mol. The maximum atomic E-state index is 16.1. The molecule has 0 aliphatic carbocycles. The molecule has 16 heteroatoms. The summed E-state index contributed by atoms with van der Waals surface area (Å²) in [6.45, 7) is 7.09. The fourth-order valence-electron chi connectivity index (χ4n) is 7.12. The maximum absolute atomic E-state index is 16.1. The quantitative estimate of drug-likeness (QED) is 0.194. The lowest BCUT2D eigenvalue weighted by Gasteiger charge is -2.51. The first-order chi connectivity index (χ1) is 24.8. The van der Waals surface area contributed by atoms with Crippen LogP contribution in [0.4, 0.5) is 8.78 Å². The number of amides is 1. The highest BCUT2D eigenvalue weighted by atomic mass is 31.2. The van der Waals surface area contributed by atoms with E-state index < -0.39 is 66.4 Å². The summed E-state index contributed by atoms with van der Waals surface area (Å²) >= 11 is 0. The molecule has 274 valence electrons. The third kappa shape index (κ3) is 5.86. The van der Waals surface area contributed by atoms with Gasteiger partial charge in [0, 0.05) is 36.1 Å². The number of nitrogens with one attached hydrogen (secondary N) is 1. The SMILES string of the molecule is CCO[P+](O)(N[C@@H](C(=O)OC)C(C)(C)C)Oc1c2n(ccc1=O)N(C1c3ccccc3-n3cccc3-c3c1ccc(F)c3F)C1COCCN1C2=O. The molecular weight excluding hydrogens is 699 g/mol. The minimum absolute atomic E-state index is 0.0299. The molecule has 5 heterocycles. The molecule has 0 bridgehead atoms. The number of benzene rings is 2. The largest absolute Gasteiger partial charge is 0.544 e. The van der Waals surface area contributed by atoms with Gasteiger partial charge in [-0.15, -0.1) is 0 Å². The second-order valence-electron chi connectivity index (χ2n) is 13.7. The number of fused-ring (bicyclic) bond motifs is 7. The minimum Gasteiger partial charge on any atom is -0.468 e. The Morgan fingerprint density at radius 2 is 1.85 bits per heavy atom. The molecular formula is C36H39F2N5O8P+. The Morgan fingerprint density at radius 1 is 1.08 bits per heavy atom. The van der Waals surface area contributed by atoms with E-state index in [4.69, 9.17) is 18.5 Å². The van der Waals surface area contributed by atoms with Crippen LogP contribution in [0.15, 0.2) is 71.8 Å². The van der Waals surface area contributed by atoms with Crippen molar-refractivity contribution >= 4 is 20.0 Å². The summed E-state index contributed by atoms with van der Waals surface area (Å²) < 4.78 is 57.0. The molecule has 0 spiro atoms. The van der Waals surface area contributed by atoms with Crippen molar-refractivity contribution in [3.63, 3.8) is 0 Å². The van der Waals surface area contributed by atoms with Crippen LogP contribution in [0.3, 0.4) is 0 Å². The number of esters is 1. The summed E-state index contributed by atoms with van der Waals surface area (Å²) in [7, 11) is -3.13. The molecule has 3 unspecified atom stereocenters. The highest BCUT2D eigenvalue weighted by Crippen LogP contribution is 2.55. The Hall–Kier alpha value is -4.66. The lowest BCUT2D eigenvalue weighted by molar-refractivity contribution is -0.145. The van der Waals surface area contributed by atoms with Gasteiger partial charge in [-0.25, -0.2) is 8.78 Å². The van der Waals surface area contributed by atoms with Gasteiger partial charge >= 0.3 is 14.1 Å². The van der Waals surface area contributed by atoms with Gasteiger partial charge in [0.25, 0.3) is 11.7 Å². The van der Waals surface area contributed by atoms with E-state index in [1.807, 2.05) is 24.3 Å². The number of carbonyl (C=O) groups excluding carboxylic acids is 2. The summed E-state index contributed by atoms with van der Waals surface area (Å²) in [6, 6.07) is 12.6. The number of nitrogens with zero attached hydrogens (tertiary/aromatic N) is 4. The van der Waals surface area contributed by atoms with Crippen LogP contribution in [-0.2, 0) is 18.8 Å². The Bertz CT molecular complexity index is 2120. The molecule has 2 N–H and O–H groups in total. The number of rotatable bonds is 8. The first kappa shape index (κ1) is 35.7. The number of methoxy groups -OCH3 is 1. The third-order valence-electron chi connectivity index (χ3n) is 9.45. The minimum atomic E-state index is -4.33. The van der Waals surface area contributed by atoms with Crippen molar-refractivity contribution in [3.05, 3.63) is 106 Å². The van der Waals surface area contributed by atoms with Crippen LogP contribution in [0, 0.1) is 17.0 Å². The average Bonchev–Trinajstić information content (AvgIpc) is 3.56. The van der Waals surface area contributed by atoms with Crippen molar-refractivity contribution in [3.8, 4) is 22.7 Å². The van der Waals surface area contributed by atoms with Gasteiger partial charge in [-0.3, -0.25) is 28.6 Å². The van der Waals surface area contributed by atoms with Crippen LogP contribution in [0.5, 0.6) is 5.75 Å². The highest BCUT2D eigenvalue weighted by molar-refractivity contribution is 7.59. The molecule has 2 aromatic heterocycles. The molecule has 3 aliphatic heterocycles. The third-order valence-corrected chi connectivity index (χ3v) is 11.1. The number of morpholine rings is 1. The molecule has 13 nitrogen and oxygen atoms in total. The number of halogens is 2. The van der Waals surface area contributed by atoms with Crippen molar-refractivity contribution in [2.24, 2.45) is 5.41 Å². The van der Waals surface area contributed by atoms with Crippen LogP contribution >= 0.6 is 8.09 Å². The Balaban J connectivity index is 1.46. The molecule has 1 fully saturated rings. The Kier molecular flexibility index (Phi) is 9.20. The lowest BCUT2D eigenvalue weighted by Crippen LogP contribution is -2.66. The van der Waals surface area contributed by atoms with E-state index in [0.29, 0.717) is 22.5 Å². The highest BCUT2D eigenvalue weighted by Gasteiger charge is 2.54. The number of hydrogen-bond donors (Lipinski definition) is 2. The van der Waals surface area contributed by atoms with Crippen molar-refractivity contribution in [2.45, 2.75) is 45.9 Å². The fourth-order valence-corrected chi connectivity index (χ4v) is 8.89. The summed E-state index contributed by atoms with van der Waals surface area (Å²) in [6.07, 6.45) is 2.38. The molecule has 1 amide bonds. The van der Waals surface area contributed by atoms with Gasteiger partial charge in [0.05, 0.1) is 38.3 Å². The lowest BCUT2D eigenvalue weighted by atomic mass is 9.87. The van der Waals surface area contributed by atoms with Gasteiger partial charge in [0.1, 0.15) is 12.2 Å². The van der Waals surface area contributed by atoms with Crippen LogP contribution in [-0.4, -0.2) is 76.6 Å². The summed E-state index contributed by atoms with van der Waals surface area (Å²) in [5.74, 6) is -3.91. The molecule has 3 aliphatic rings. The molecule has 0 saturated carbocycles. The van der Waals surface area contributed by atoms with Crippen molar-refractivity contribution in [1.82, 2.24) is 19.2 Å². The van der Waals surface area contributed by atoms with Crippen molar-refractivity contribution in [2.75, 3.05) is 38.5 Å². The zero-order valence-corrected chi connectivity index (χ0v) is 30.1. The predicted octanol–water partition coefficient (Wildman–Crippen LogP) is 4.70. The van der Waals surface area contributed by atoms with Gasteiger partial charge in [-0.2, -0.15) is 9.42 Å². The molecule has 4 aromatic rings. The van der Waals surface area contributed by atoms with Crippen LogP contribution < -0.4 is 20.0 Å². The molecule has 2 aromatic carbocycles. The van der Waals surface area contributed by atoms with Gasteiger partial charge in [0.15, 0.2) is 23.4 Å². The number of pyridine rings is 1. The predicted molar refractivity (Wildman–Crippen MR) is 187 cm³/mol. The van der Waals surface area contributed by atoms with Crippen molar-refractivity contribution < 1.29 is 41.8 Å². The van der Waals surface area contributed by atoms with Gasteiger partial charge in [-0.05, 0) is 42.2 Å². The van der Waals surface area contributed by atoms with E-state index >= 15 is 8.78 Å². The second kappa shape index (κ2) is 13.4. The normalized spacial score (nSPS) is 19.7. The summed E-state index contributed by atoms with van der Waals surface area (Å²) in [5.41, 5.74) is 0.400. The Labute approximate surface area is 298 Å². The van der Waals surface area contributed by atoms with Crippen molar-refractivity contribution in [1.29, 1.82) is 0 Å². The number of ether oxygens (including phenoxy) is 2. The zero-order valence-electron chi connectivity index (χ0n) is 29.2. The second-order valence-corrected chi connectivity index (χ2v) is 15.4. The average molecular weight is 739 g/mol. The van der Waals surface area contributed by atoms with E-state index in [9.17, 15) is 19.3 Å². The van der Waals surface area contributed by atoms with E-state index in [1.165, 1.54) is 35.0 Å². The molecule has 1 saturated heterocycles. The van der Waals surface area contributed by atoms with Crippen LogP contribution in [0.2, 0.25) is 0 Å². The van der Waals surface area contributed by atoms with E-state index in [0.717, 1.165) is 6.07 Å². The summed E-state index contributed by atoms with van der Waals surface area (Å²) in [4.78, 5) is 54.6. The standard InChI is InChI=1S/C36H39F2N5O8P/c1-6-50-52(47,39-33(35(46)48-5)36(2,3)4)51-32-26(44)15-17-42-31(32)34(45)41-18-19-49-20-27(41)43(42)30-21-10-7-8-11-24(21)40-16-9-12-25(40)28-22(30)13-14-23(37)29(28)38/h7-17,27,30,33,39,47H,6,18-20H2,1-5H3/q+1/t27?,30?,33-,52?/m0/s1. The van der Waals surface area contributed by atoms with Gasteiger partial charge in [0.2, 0.25) is 5.43 Å².